The third-order valence-corrected chi connectivity index (χ3v) is 4.15. The zero-order valence-electron chi connectivity index (χ0n) is 13.5. The van der Waals surface area contributed by atoms with Crippen LogP contribution in [-0.2, 0) is 20.7 Å². The van der Waals surface area contributed by atoms with Crippen molar-refractivity contribution in [3.05, 3.63) is 35.6 Å². The van der Waals surface area contributed by atoms with Gasteiger partial charge in [0.05, 0.1) is 5.92 Å². The van der Waals surface area contributed by atoms with Gasteiger partial charge < -0.3 is 10.1 Å². The predicted molar refractivity (Wildman–Crippen MR) is 85.2 cm³/mol. The van der Waals surface area contributed by atoms with E-state index in [1.807, 2.05) is 0 Å². The molecule has 1 unspecified atom stereocenters. The Labute approximate surface area is 136 Å². The second kappa shape index (κ2) is 8.65. The predicted octanol–water partition coefficient (Wildman–Crippen LogP) is 3.00. The minimum atomic E-state index is -0.437. The van der Waals surface area contributed by atoms with E-state index in [-0.39, 0.29) is 24.4 Å². The minimum absolute atomic E-state index is 0.208. The van der Waals surface area contributed by atoms with Gasteiger partial charge in [0.15, 0.2) is 6.61 Å². The Kier molecular flexibility index (Phi) is 6.56. The van der Waals surface area contributed by atoms with Gasteiger partial charge in [-0.25, -0.2) is 4.39 Å². The molecule has 0 aromatic heterocycles. The number of halogens is 1. The van der Waals surface area contributed by atoms with Gasteiger partial charge in [-0.05, 0) is 37.0 Å². The lowest BCUT2D eigenvalue weighted by Crippen LogP contribution is -2.39. The molecule has 1 saturated carbocycles. The van der Waals surface area contributed by atoms with E-state index in [9.17, 15) is 14.0 Å². The van der Waals surface area contributed by atoms with E-state index >= 15 is 0 Å². The van der Waals surface area contributed by atoms with Crippen LogP contribution in [0.2, 0.25) is 0 Å². The van der Waals surface area contributed by atoms with Crippen LogP contribution in [0, 0.1) is 11.7 Å². The summed E-state index contributed by atoms with van der Waals surface area (Å²) in [6.45, 7) is 1.47. The first-order chi connectivity index (χ1) is 11.0. The maximum Gasteiger partial charge on any atom is 0.309 e. The molecule has 0 radical (unpaired) electrons. The number of hydrogen-bond acceptors (Lipinski definition) is 3. The maximum absolute atomic E-state index is 13.1. The lowest BCUT2D eigenvalue weighted by Gasteiger charge is -2.22. The Morgan fingerprint density at radius 2 is 2.04 bits per heavy atom. The molecule has 2 rings (SSSR count). The summed E-state index contributed by atoms with van der Waals surface area (Å²) >= 11 is 0. The van der Waals surface area contributed by atoms with Crippen molar-refractivity contribution >= 4 is 11.9 Å². The van der Waals surface area contributed by atoms with Gasteiger partial charge in [0.25, 0.3) is 5.91 Å². The molecule has 0 spiro atoms. The van der Waals surface area contributed by atoms with Crippen LogP contribution in [0.4, 0.5) is 4.39 Å². The molecule has 1 aromatic carbocycles. The first-order valence-corrected chi connectivity index (χ1v) is 8.25. The van der Waals surface area contributed by atoms with Crippen molar-refractivity contribution in [1.29, 1.82) is 0 Å². The highest BCUT2D eigenvalue weighted by molar-refractivity contribution is 5.81. The number of benzene rings is 1. The summed E-state index contributed by atoms with van der Waals surface area (Å²) in [5.74, 6) is -1.43. The largest absolute Gasteiger partial charge is 0.455 e. The van der Waals surface area contributed by atoms with Crippen LogP contribution >= 0.6 is 0 Å². The summed E-state index contributed by atoms with van der Waals surface area (Å²) in [6.07, 6.45) is 5.87. The molecule has 1 aromatic rings. The Hall–Kier alpha value is -1.91. The van der Waals surface area contributed by atoms with Gasteiger partial charge in [0, 0.05) is 6.04 Å². The number of hydrogen-bond donors (Lipinski definition) is 1. The average Bonchev–Trinajstić information content (AvgIpc) is 2.53. The third-order valence-electron chi connectivity index (χ3n) is 4.15. The van der Waals surface area contributed by atoms with Gasteiger partial charge >= 0.3 is 5.97 Å². The number of esters is 1. The van der Waals surface area contributed by atoms with E-state index in [4.69, 9.17) is 4.74 Å². The van der Waals surface area contributed by atoms with Crippen molar-refractivity contribution in [2.75, 3.05) is 6.61 Å². The summed E-state index contributed by atoms with van der Waals surface area (Å²) in [6, 6.07) is 6.35. The van der Waals surface area contributed by atoms with Gasteiger partial charge in [0.1, 0.15) is 5.82 Å². The molecule has 5 heteroatoms. The molecule has 0 aliphatic heterocycles. The second-order valence-corrected chi connectivity index (χ2v) is 6.25. The Balaban J connectivity index is 1.71. The first kappa shape index (κ1) is 17.4. The van der Waals surface area contributed by atoms with Gasteiger partial charge in [-0.3, -0.25) is 9.59 Å². The van der Waals surface area contributed by atoms with Crippen LogP contribution < -0.4 is 5.32 Å². The van der Waals surface area contributed by atoms with Crippen molar-refractivity contribution in [2.45, 2.75) is 51.5 Å². The van der Waals surface area contributed by atoms with Crippen LogP contribution in [0.1, 0.15) is 44.6 Å². The monoisotopic (exact) mass is 321 g/mol. The average molecular weight is 321 g/mol. The van der Waals surface area contributed by atoms with E-state index in [2.05, 4.69) is 5.32 Å². The smallest absolute Gasteiger partial charge is 0.309 e. The highest BCUT2D eigenvalue weighted by atomic mass is 19.1. The second-order valence-electron chi connectivity index (χ2n) is 6.25. The summed E-state index contributed by atoms with van der Waals surface area (Å²) in [5.41, 5.74) is 0.737. The van der Waals surface area contributed by atoms with E-state index < -0.39 is 11.9 Å². The Bertz CT molecular complexity index is 541. The molecular formula is C18H24FNO3. The lowest BCUT2D eigenvalue weighted by atomic mass is 9.95. The SMILES string of the molecule is CC(Cc1cccc(F)c1)C(=O)OCC(=O)NC1CCCCC1. The van der Waals surface area contributed by atoms with Crippen molar-refractivity contribution < 1.29 is 18.7 Å². The van der Waals surface area contributed by atoms with E-state index in [1.165, 1.54) is 18.6 Å². The van der Waals surface area contributed by atoms with Crippen molar-refractivity contribution in [3.8, 4) is 0 Å². The number of rotatable bonds is 6. The molecule has 126 valence electrons. The fraction of sp³-hybridized carbons (Fsp3) is 0.556. The zero-order chi connectivity index (χ0) is 16.7. The molecule has 1 N–H and O–H groups in total. The summed E-state index contributed by atoms with van der Waals surface area (Å²) < 4.78 is 18.2. The topological polar surface area (TPSA) is 55.4 Å². The molecular weight excluding hydrogens is 297 g/mol. The fourth-order valence-electron chi connectivity index (χ4n) is 2.90. The zero-order valence-corrected chi connectivity index (χ0v) is 13.5. The highest BCUT2D eigenvalue weighted by Gasteiger charge is 2.19. The Morgan fingerprint density at radius 1 is 1.30 bits per heavy atom. The normalized spacial score (nSPS) is 16.6. The maximum atomic E-state index is 13.1. The van der Waals surface area contributed by atoms with E-state index in [0.29, 0.717) is 6.42 Å². The number of ether oxygens (including phenoxy) is 1. The molecule has 1 aliphatic carbocycles. The van der Waals surface area contributed by atoms with Gasteiger partial charge in [-0.1, -0.05) is 38.3 Å². The molecule has 0 heterocycles. The first-order valence-electron chi connectivity index (χ1n) is 8.25. The molecule has 1 atom stereocenters. The van der Waals surface area contributed by atoms with Gasteiger partial charge in [-0.2, -0.15) is 0 Å². The number of nitrogens with one attached hydrogen (secondary N) is 1. The van der Waals surface area contributed by atoms with Crippen LogP contribution in [0.25, 0.3) is 0 Å². The highest BCUT2D eigenvalue weighted by Crippen LogP contribution is 2.17. The lowest BCUT2D eigenvalue weighted by molar-refractivity contribution is -0.152. The van der Waals surface area contributed by atoms with Crippen LogP contribution in [0.15, 0.2) is 24.3 Å². The fourth-order valence-corrected chi connectivity index (χ4v) is 2.90. The summed E-state index contributed by atoms with van der Waals surface area (Å²) in [7, 11) is 0. The van der Waals surface area contributed by atoms with Crippen molar-refractivity contribution in [2.24, 2.45) is 5.92 Å². The third kappa shape index (κ3) is 6.00. The van der Waals surface area contributed by atoms with Crippen molar-refractivity contribution in [3.63, 3.8) is 0 Å². The summed E-state index contributed by atoms with van der Waals surface area (Å²) in [4.78, 5) is 23.7. The quantitative estimate of drug-likeness (QED) is 0.820. The standard InChI is InChI=1S/C18H24FNO3/c1-13(10-14-6-5-7-15(19)11-14)18(22)23-12-17(21)20-16-8-3-2-4-9-16/h5-7,11,13,16H,2-4,8-10,12H2,1H3,(H,20,21). The van der Waals surface area contributed by atoms with Crippen LogP contribution in [0.3, 0.4) is 0 Å². The molecule has 0 saturated heterocycles. The molecule has 0 bridgehead atoms. The number of carbonyl (C=O) groups is 2. The van der Waals surface area contributed by atoms with E-state index in [1.54, 1.807) is 19.1 Å². The van der Waals surface area contributed by atoms with Crippen molar-refractivity contribution in [1.82, 2.24) is 5.32 Å². The molecule has 1 amide bonds. The van der Waals surface area contributed by atoms with Gasteiger partial charge in [0.2, 0.25) is 0 Å². The number of carbonyl (C=O) groups excluding carboxylic acids is 2. The molecule has 4 nitrogen and oxygen atoms in total. The number of amides is 1. The molecule has 23 heavy (non-hydrogen) atoms. The minimum Gasteiger partial charge on any atom is -0.455 e. The van der Waals surface area contributed by atoms with E-state index in [0.717, 1.165) is 31.2 Å². The molecule has 1 fully saturated rings. The molecule has 1 aliphatic rings. The van der Waals surface area contributed by atoms with Crippen LogP contribution in [0.5, 0.6) is 0 Å². The Morgan fingerprint density at radius 3 is 2.74 bits per heavy atom. The van der Waals surface area contributed by atoms with Crippen LogP contribution in [-0.4, -0.2) is 24.5 Å². The summed E-state index contributed by atoms with van der Waals surface area (Å²) in [5, 5.41) is 2.90. The van der Waals surface area contributed by atoms with Gasteiger partial charge in [-0.15, -0.1) is 0 Å².